The number of nitrogens with zero attached hydrogens (tertiary/aromatic N) is 1. The van der Waals surface area contributed by atoms with Gasteiger partial charge in [-0.25, -0.2) is 0 Å². The Morgan fingerprint density at radius 2 is 1.35 bits per heavy atom. The van der Waals surface area contributed by atoms with E-state index in [0.717, 1.165) is 40.8 Å². The molecule has 0 atom stereocenters. The van der Waals surface area contributed by atoms with Crippen LogP contribution < -0.4 is 0 Å². The first-order valence-electron chi connectivity index (χ1n) is 8.67. The molecule has 1 N–H and O–H groups in total. The Labute approximate surface area is 174 Å². The SMILES string of the molecule is CC1C(C)C(C)C(C)C1C.Oc1cccc(-c2[c-]cccc2)n1.[CH3-].[Cl][Ir+2]. The molecule has 1 aromatic carbocycles. The van der Waals surface area contributed by atoms with E-state index in [2.05, 4.69) is 55.3 Å². The fourth-order valence-corrected chi connectivity index (χ4v) is 3.52. The number of hydrogen-bond acceptors (Lipinski definition) is 2. The van der Waals surface area contributed by atoms with Gasteiger partial charge in [0.15, 0.2) is 0 Å². The average Bonchev–Trinajstić information content (AvgIpc) is 2.82. The van der Waals surface area contributed by atoms with Crippen molar-refractivity contribution in [2.75, 3.05) is 0 Å². The molecule has 3 rings (SSSR count). The number of aromatic nitrogens is 1. The van der Waals surface area contributed by atoms with Gasteiger partial charge in [0, 0.05) is 0 Å². The summed E-state index contributed by atoms with van der Waals surface area (Å²) in [6.45, 7) is 12.0. The molecule has 0 spiro atoms. The molecule has 4 heteroatoms. The van der Waals surface area contributed by atoms with Gasteiger partial charge in [0.25, 0.3) is 0 Å². The molecule has 0 unspecified atom stereocenters. The van der Waals surface area contributed by atoms with Gasteiger partial charge < -0.3 is 12.5 Å². The molecule has 1 fully saturated rings. The Hall–Kier alpha value is -0.891. The summed E-state index contributed by atoms with van der Waals surface area (Å²) in [5.74, 6) is 4.71. The van der Waals surface area contributed by atoms with E-state index in [4.69, 9.17) is 5.11 Å². The van der Waals surface area contributed by atoms with Crippen molar-refractivity contribution < 1.29 is 23.0 Å². The van der Waals surface area contributed by atoms with Gasteiger partial charge in [0.2, 0.25) is 5.88 Å². The van der Waals surface area contributed by atoms with Crippen molar-refractivity contribution in [3.63, 3.8) is 0 Å². The van der Waals surface area contributed by atoms with Crippen molar-refractivity contribution in [2.24, 2.45) is 29.6 Å². The van der Waals surface area contributed by atoms with E-state index in [1.807, 2.05) is 30.3 Å². The zero-order valence-corrected chi connectivity index (χ0v) is 19.7. The van der Waals surface area contributed by atoms with E-state index in [9.17, 15) is 0 Å². The van der Waals surface area contributed by atoms with Crippen molar-refractivity contribution in [2.45, 2.75) is 34.6 Å². The second-order valence-corrected chi connectivity index (χ2v) is 6.95. The average molecular weight is 553 g/mol. The van der Waals surface area contributed by atoms with Crippen LogP contribution in [0.25, 0.3) is 11.3 Å². The second kappa shape index (κ2) is 12.5. The van der Waals surface area contributed by atoms with Crippen LogP contribution in [0, 0.1) is 43.1 Å². The van der Waals surface area contributed by atoms with Gasteiger partial charge in [-0.2, -0.15) is 0 Å². The number of halogens is 1. The van der Waals surface area contributed by atoms with Crippen LogP contribution in [0.4, 0.5) is 0 Å². The summed E-state index contributed by atoms with van der Waals surface area (Å²) in [6.07, 6.45) is 0. The minimum absolute atomic E-state index is 0. The van der Waals surface area contributed by atoms with Crippen LogP contribution in [0.15, 0.2) is 42.5 Å². The molecule has 1 aliphatic rings. The summed E-state index contributed by atoms with van der Waals surface area (Å²) in [7, 11) is 4.64. The molecule has 146 valence electrons. The molecule has 2 nitrogen and oxygen atoms in total. The molecule has 0 radical (unpaired) electrons. The fraction of sp³-hybridized carbons (Fsp3) is 0.455. The van der Waals surface area contributed by atoms with Crippen LogP contribution >= 0.6 is 9.58 Å². The van der Waals surface area contributed by atoms with Crippen LogP contribution in [-0.4, -0.2) is 10.1 Å². The molecule has 1 saturated carbocycles. The van der Waals surface area contributed by atoms with Gasteiger partial charge >= 0.3 is 27.5 Å². The molecule has 1 aliphatic carbocycles. The Morgan fingerprint density at radius 1 is 0.846 bits per heavy atom. The van der Waals surface area contributed by atoms with Crippen LogP contribution in [0.5, 0.6) is 5.88 Å². The summed E-state index contributed by atoms with van der Waals surface area (Å²) in [5.41, 5.74) is 1.62. The van der Waals surface area contributed by atoms with Gasteiger partial charge in [-0.1, -0.05) is 46.8 Å². The third kappa shape index (κ3) is 6.68. The van der Waals surface area contributed by atoms with Gasteiger partial charge in [0.05, 0.1) is 0 Å². The molecule has 0 amide bonds. The quantitative estimate of drug-likeness (QED) is 0.406. The van der Waals surface area contributed by atoms with Crippen molar-refractivity contribution in [1.29, 1.82) is 0 Å². The Bertz CT molecular complexity index is 578. The molecule has 0 bridgehead atoms. The molecule has 26 heavy (non-hydrogen) atoms. The van der Waals surface area contributed by atoms with E-state index >= 15 is 0 Å². The number of rotatable bonds is 1. The van der Waals surface area contributed by atoms with Crippen molar-refractivity contribution in [3.8, 4) is 17.1 Å². The van der Waals surface area contributed by atoms with Crippen LogP contribution in [0.3, 0.4) is 0 Å². The molecule has 2 aromatic rings. The van der Waals surface area contributed by atoms with E-state index < -0.39 is 0 Å². The maximum atomic E-state index is 9.15. The van der Waals surface area contributed by atoms with Gasteiger partial charge in [-0.3, -0.25) is 4.98 Å². The second-order valence-electron chi connectivity index (χ2n) is 6.95. The van der Waals surface area contributed by atoms with Crippen LogP contribution in [-0.2, 0) is 17.9 Å². The number of hydrogen-bond donors (Lipinski definition) is 1. The van der Waals surface area contributed by atoms with E-state index in [-0.39, 0.29) is 13.3 Å². The van der Waals surface area contributed by atoms with Crippen molar-refractivity contribution >= 4 is 9.58 Å². The standard InChI is InChI=1S/C11H8NO.C10H20.CH3.ClH.Ir/c13-11-8-4-7-10(12-11)9-5-2-1-3-6-9;1-6-7(2)9(4)10(5)8(6)3;;;/h1-5,7-8H,(H,12,13);6-10H,1-5H3;1H3;1H;/q-1;;-1;;+3/p-1. The topological polar surface area (TPSA) is 33.1 Å². The molecule has 1 aromatic heterocycles. The summed E-state index contributed by atoms with van der Waals surface area (Å²) >= 11 is 1.47. The van der Waals surface area contributed by atoms with Crippen molar-refractivity contribution in [3.05, 3.63) is 56.0 Å². The summed E-state index contributed by atoms with van der Waals surface area (Å²) < 4.78 is 0. The molecular weight excluding hydrogens is 522 g/mol. The first-order chi connectivity index (χ1) is 11.9. The number of pyridine rings is 1. The monoisotopic (exact) mass is 553 g/mol. The third-order valence-corrected chi connectivity index (χ3v) is 5.87. The van der Waals surface area contributed by atoms with Gasteiger partial charge in [-0.15, -0.1) is 35.9 Å². The molecule has 0 aliphatic heterocycles. The minimum atomic E-state index is 0. The summed E-state index contributed by atoms with van der Waals surface area (Å²) in [5, 5.41) is 9.15. The predicted octanol–water partition coefficient (Wildman–Crippen LogP) is 6.57. The van der Waals surface area contributed by atoms with E-state index in [1.54, 1.807) is 12.1 Å². The normalized spacial score (nSPS) is 26.5. The zero-order chi connectivity index (χ0) is 19.0. The zero-order valence-electron chi connectivity index (χ0n) is 16.5. The third-order valence-electron chi connectivity index (χ3n) is 5.87. The van der Waals surface area contributed by atoms with E-state index in [0.29, 0.717) is 0 Å². The number of benzene rings is 1. The predicted molar refractivity (Wildman–Crippen MR) is 108 cm³/mol. The Kier molecular flexibility index (Phi) is 12.1. The summed E-state index contributed by atoms with van der Waals surface area (Å²) in [6, 6.07) is 15.7. The molecular formula is C22H31ClIrNO. The van der Waals surface area contributed by atoms with Crippen molar-refractivity contribution in [1.82, 2.24) is 4.98 Å². The van der Waals surface area contributed by atoms with E-state index in [1.165, 1.54) is 17.9 Å². The van der Waals surface area contributed by atoms with Gasteiger partial charge in [0.1, 0.15) is 0 Å². The van der Waals surface area contributed by atoms with Crippen LogP contribution in [0.1, 0.15) is 34.6 Å². The molecule has 0 saturated heterocycles. The first-order valence-corrected chi connectivity index (χ1v) is 11.6. The Balaban J connectivity index is 0.000000436. The fourth-order valence-electron chi connectivity index (χ4n) is 3.52. The Morgan fingerprint density at radius 3 is 1.73 bits per heavy atom. The number of aromatic hydroxyl groups is 1. The maximum absolute atomic E-state index is 9.15. The van der Waals surface area contributed by atoms with Gasteiger partial charge in [-0.05, 0) is 41.3 Å². The molecule has 1 heterocycles. The van der Waals surface area contributed by atoms with Crippen LogP contribution in [0.2, 0.25) is 0 Å². The first kappa shape index (κ1) is 25.1. The summed E-state index contributed by atoms with van der Waals surface area (Å²) in [4.78, 5) is 3.97.